The number of fused-ring (bicyclic) bond motifs is 2. The van der Waals surface area contributed by atoms with Crippen molar-refractivity contribution in [3.05, 3.63) is 95.7 Å². The maximum atomic E-state index is 13.5. The number of methoxy groups -OCH3 is 1. The van der Waals surface area contributed by atoms with E-state index in [1.54, 1.807) is 7.11 Å². The fourth-order valence-corrected chi connectivity index (χ4v) is 6.67. The zero-order valence-corrected chi connectivity index (χ0v) is 24.1. The SMILES string of the molecule is COc1ccc(CN2CCOc3ccccc3CCCCC3(CCN(C(=O)c4ccc5[nH]ccc5c4)CC3)C2)cc1. The van der Waals surface area contributed by atoms with Gasteiger partial charge in [0.2, 0.25) is 0 Å². The predicted octanol–water partition coefficient (Wildman–Crippen LogP) is 6.71. The van der Waals surface area contributed by atoms with Crippen molar-refractivity contribution in [1.29, 1.82) is 0 Å². The lowest BCUT2D eigenvalue weighted by Crippen LogP contribution is -2.48. The summed E-state index contributed by atoms with van der Waals surface area (Å²) in [6, 6.07) is 24.9. The number of benzene rings is 3. The maximum absolute atomic E-state index is 13.5. The Kier molecular flexibility index (Phi) is 8.28. The number of likely N-dealkylation sites (tertiary alicyclic amines) is 1. The van der Waals surface area contributed by atoms with Gasteiger partial charge in [-0.25, -0.2) is 0 Å². The molecule has 1 saturated heterocycles. The molecule has 6 nitrogen and oxygen atoms in total. The molecule has 1 amide bonds. The Morgan fingerprint density at radius 3 is 2.61 bits per heavy atom. The van der Waals surface area contributed by atoms with Crippen LogP contribution in [-0.4, -0.2) is 60.6 Å². The standard InChI is InChI=1S/C35H41N3O3/c1-40-31-12-9-27(10-13-31)25-37-22-23-41-33-8-3-2-6-28(33)7-4-5-16-35(26-37)17-20-38(21-18-35)34(39)30-11-14-32-29(24-30)15-19-36-32/h2-3,6,8-15,19,24,36H,4-5,7,16-18,20-23,25-26H2,1H3. The molecule has 0 radical (unpaired) electrons. The van der Waals surface area contributed by atoms with E-state index in [0.717, 1.165) is 86.4 Å². The van der Waals surface area contributed by atoms with Gasteiger partial charge in [0.15, 0.2) is 0 Å². The summed E-state index contributed by atoms with van der Waals surface area (Å²) in [5.74, 6) is 2.06. The Bertz CT molecular complexity index is 1450. The molecule has 6 rings (SSSR count). The van der Waals surface area contributed by atoms with Gasteiger partial charge in [-0.3, -0.25) is 9.69 Å². The third-order valence-corrected chi connectivity index (χ3v) is 9.08. The fraction of sp³-hybridized carbons (Fsp3) is 0.400. The molecule has 6 heteroatoms. The minimum absolute atomic E-state index is 0.149. The van der Waals surface area contributed by atoms with Gasteiger partial charge in [0.25, 0.3) is 5.91 Å². The summed E-state index contributed by atoms with van der Waals surface area (Å²) in [7, 11) is 1.71. The Balaban J connectivity index is 1.19. The first-order chi connectivity index (χ1) is 20.1. The van der Waals surface area contributed by atoms with Crippen LogP contribution in [0.5, 0.6) is 11.5 Å². The first kappa shape index (κ1) is 27.4. The molecule has 214 valence electrons. The van der Waals surface area contributed by atoms with E-state index < -0.39 is 0 Å². The number of nitrogens with one attached hydrogen (secondary N) is 1. The number of rotatable bonds is 4. The Hall–Kier alpha value is -3.77. The number of hydrogen-bond donors (Lipinski definition) is 1. The van der Waals surface area contributed by atoms with Crippen LogP contribution >= 0.6 is 0 Å². The Morgan fingerprint density at radius 1 is 0.951 bits per heavy atom. The van der Waals surface area contributed by atoms with Gasteiger partial charge in [-0.05, 0) is 91.1 Å². The molecule has 0 aliphatic carbocycles. The topological polar surface area (TPSA) is 57.8 Å². The second-order valence-electron chi connectivity index (χ2n) is 11.8. The van der Waals surface area contributed by atoms with Gasteiger partial charge in [-0.1, -0.05) is 36.8 Å². The molecule has 1 spiro atoms. The summed E-state index contributed by atoms with van der Waals surface area (Å²) in [5, 5.41) is 1.08. The number of hydrogen-bond acceptors (Lipinski definition) is 4. The van der Waals surface area contributed by atoms with Crippen LogP contribution in [0.15, 0.2) is 79.0 Å². The third kappa shape index (κ3) is 6.43. The number of nitrogens with zero attached hydrogens (tertiary/aromatic N) is 2. The molecule has 0 unspecified atom stereocenters. The van der Waals surface area contributed by atoms with E-state index in [4.69, 9.17) is 9.47 Å². The summed E-state index contributed by atoms with van der Waals surface area (Å²) in [6.07, 6.45) is 8.56. The highest BCUT2D eigenvalue weighted by Gasteiger charge is 2.37. The quantitative estimate of drug-likeness (QED) is 0.306. The highest BCUT2D eigenvalue weighted by molar-refractivity contribution is 5.98. The molecule has 1 N–H and O–H groups in total. The predicted molar refractivity (Wildman–Crippen MR) is 164 cm³/mol. The number of para-hydroxylation sites is 1. The van der Waals surface area contributed by atoms with Crippen LogP contribution in [0.3, 0.4) is 0 Å². The first-order valence-corrected chi connectivity index (χ1v) is 15.0. The number of aryl methyl sites for hydroxylation is 1. The highest BCUT2D eigenvalue weighted by atomic mass is 16.5. The van der Waals surface area contributed by atoms with E-state index in [9.17, 15) is 4.79 Å². The number of aromatic nitrogens is 1. The van der Waals surface area contributed by atoms with Crippen LogP contribution in [0.4, 0.5) is 0 Å². The molecule has 3 heterocycles. The number of aromatic amines is 1. The van der Waals surface area contributed by atoms with Crippen molar-refractivity contribution >= 4 is 16.8 Å². The zero-order valence-electron chi connectivity index (χ0n) is 24.1. The number of piperidine rings is 1. The molecule has 2 aliphatic heterocycles. The summed E-state index contributed by atoms with van der Waals surface area (Å²) in [5.41, 5.74) is 4.62. The molecule has 0 atom stereocenters. The number of carbonyl (C=O) groups is 1. The van der Waals surface area contributed by atoms with Crippen LogP contribution in [0, 0.1) is 5.41 Å². The smallest absolute Gasteiger partial charge is 0.253 e. The lowest BCUT2D eigenvalue weighted by atomic mass is 9.73. The molecule has 41 heavy (non-hydrogen) atoms. The van der Waals surface area contributed by atoms with Crippen LogP contribution < -0.4 is 9.47 Å². The van der Waals surface area contributed by atoms with Gasteiger partial charge in [-0.2, -0.15) is 0 Å². The van der Waals surface area contributed by atoms with Crippen molar-refractivity contribution in [2.45, 2.75) is 45.1 Å². The molecule has 1 aromatic heterocycles. The molecular formula is C35H41N3O3. The number of carbonyl (C=O) groups excluding carboxylic acids is 1. The summed E-state index contributed by atoms with van der Waals surface area (Å²) in [6.45, 7) is 5.02. The van der Waals surface area contributed by atoms with Gasteiger partial charge < -0.3 is 19.4 Å². The second-order valence-corrected chi connectivity index (χ2v) is 11.8. The monoisotopic (exact) mass is 551 g/mol. The van der Waals surface area contributed by atoms with Crippen molar-refractivity contribution in [3.8, 4) is 11.5 Å². The van der Waals surface area contributed by atoms with Crippen molar-refractivity contribution in [3.63, 3.8) is 0 Å². The number of ether oxygens (including phenoxy) is 2. The van der Waals surface area contributed by atoms with Crippen molar-refractivity contribution in [2.24, 2.45) is 5.41 Å². The number of H-pyrrole nitrogens is 1. The lowest BCUT2D eigenvalue weighted by molar-refractivity contribution is 0.0361. The van der Waals surface area contributed by atoms with Crippen LogP contribution in [0.2, 0.25) is 0 Å². The second kappa shape index (κ2) is 12.4. The third-order valence-electron chi connectivity index (χ3n) is 9.08. The summed E-state index contributed by atoms with van der Waals surface area (Å²) >= 11 is 0. The molecule has 1 fully saturated rings. The zero-order chi connectivity index (χ0) is 28.1. The average molecular weight is 552 g/mol. The van der Waals surface area contributed by atoms with E-state index >= 15 is 0 Å². The van der Waals surface area contributed by atoms with Gasteiger partial charge in [0.1, 0.15) is 18.1 Å². The van der Waals surface area contributed by atoms with Gasteiger partial charge in [-0.15, -0.1) is 0 Å². The van der Waals surface area contributed by atoms with Gasteiger partial charge in [0, 0.05) is 55.4 Å². The largest absolute Gasteiger partial charge is 0.497 e. The molecule has 3 aromatic carbocycles. The summed E-state index contributed by atoms with van der Waals surface area (Å²) < 4.78 is 11.7. The van der Waals surface area contributed by atoms with E-state index in [2.05, 4.69) is 51.2 Å². The molecule has 0 bridgehead atoms. The van der Waals surface area contributed by atoms with Crippen molar-refractivity contribution in [2.75, 3.05) is 39.9 Å². The molecule has 4 aromatic rings. The fourth-order valence-electron chi connectivity index (χ4n) is 6.67. The van der Waals surface area contributed by atoms with E-state index in [1.165, 1.54) is 24.0 Å². The minimum atomic E-state index is 0.149. The van der Waals surface area contributed by atoms with E-state index in [1.807, 2.05) is 42.6 Å². The van der Waals surface area contributed by atoms with Crippen molar-refractivity contribution in [1.82, 2.24) is 14.8 Å². The van der Waals surface area contributed by atoms with Crippen LogP contribution in [0.25, 0.3) is 10.9 Å². The first-order valence-electron chi connectivity index (χ1n) is 15.0. The van der Waals surface area contributed by atoms with Gasteiger partial charge in [0.05, 0.1) is 7.11 Å². The van der Waals surface area contributed by atoms with E-state index in [0.29, 0.717) is 6.61 Å². The Morgan fingerprint density at radius 2 is 1.78 bits per heavy atom. The maximum Gasteiger partial charge on any atom is 0.253 e. The summed E-state index contributed by atoms with van der Waals surface area (Å²) in [4.78, 5) is 21.4. The molecule has 2 aliphatic rings. The average Bonchev–Trinajstić information content (AvgIpc) is 3.48. The molecule has 0 saturated carbocycles. The highest BCUT2D eigenvalue weighted by Crippen LogP contribution is 2.39. The number of amides is 1. The molecular weight excluding hydrogens is 510 g/mol. The normalized spacial score (nSPS) is 18.2. The minimum Gasteiger partial charge on any atom is -0.497 e. The van der Waals surface area contributed by atoms with Crippen molar-refractivity contribution < 1.29 is 14.3 Å². The van der Waals surface area contributed by atoms with Crippen LogP contribution in [0.1, 0.15) is 53.6 Å². The lowest BCUT2D eigenvalue weighted by Gasteiger charge is -2.45. The van der Waals surface area contributed by atoms with Gasteiger partial charge >= 0.3 is 0 Å². The van der Waals surface area contributed by atoms with E-state index in [-0.39, 0.29) is 11.3 Å². The Labute approximate surface area is 243 Å². The van der Waals surface area contributed by atoms with Crippen LogP contribution in [-0.2, 0) is 13.0 Å².